The van der Waals surface area contributed by atoms with E-state index in [-0.39, 0.29) is 16.9 Å². The second-order valence-electron chi connectivity index (χ2n) is 5.89. The number of rotatable bonds is 5. The van der Waals surface area contributed by atoms with Crippen molar-refractivity contribution in [2.24, 2.45) is 0 Å². The van der Waals surface area contributed by atoms with Crippen LogP contribution >= 0.6 is 22.6 Å². The van der Waals surface area contributed by atoms with Crippen LogP contribution < -0.4 is 15.0 Å². The van der Waals surface area contributed by atoms with E-state index < -0.39 is 22.8 Å². The number of hydrogen-bond acceptors (Lipinski definition) is 6. The van der Waals surface area contributed by atoms with E-state index in [9.17, 15) is 24.5 Å². The fraction of sp³-hybridized carbons (Fsp3) is 0.105. The van der Waals surface area contributed by atoms with Crippen molar-refractivity contribution in [2.45, 2.75) is 6.92 Å². The number of nitro benzene ring substituents is 1. The predicted octanol–water partition coefficient (Wildman–Crippen LogP) is 3.26. The normalized spacial score (nSPS) is 15.4. The van der Waals surface area contributed by atoms with E-state index in [1.807, 2.05) is 6.92 Å². The van der Waals surface area contributed by atoms with E-state index in [1.54, 1.807) is 18.2 Å². The van der Waals surface area contributed by atoms with Gasteiger partial charge in [0, 0.05) is 15.7 Å². The van der Waals surface area contributed by atoms with E-state index in [4.69, 9.17) is 4.74 Å². The molecule has 148 valence electrons. The minimum absolute atomic E-state index is 0.0160. The van der Waals surface area contributed by atoms with Gasteiger partial charge in [0.25, 0.3) is 17.5 Å². The van der Waals surface area contributed by atoms with Crippen molar-refractivity contribution in [3.63, 3.8) is 0 Å². The molecule has 0 unspecified atom stereocenters. The van der Waals surface area contributed by atoms with Gasteiger partial charge in [0.2, 0.25) is 0 Å². The molecule has 1 saturated heterocycles. The van der Waals surface area contributed by atoms with Gasteiger partial charge in [0.05, 0.1) is 17.2 Å². The summed E-state index contributed by atoms with van der Waals surface area (Å²) in [5.41, 5.74) is -0.0463. The maximum Gasteiger partial charge on any atom is 0.335 e. The number of barbiturate groups is 1. The smallest absolute Gasteiger partial charge is 0.335 e. The van der Waals surface area contributed by atoms with Crippen molar-refractivity contribution < 1.29 is 24.0 Å². The van der Waals surface area contributed by atoms with Crippen molar-refractivity contribution >= 4 is 57.9 Å². The lowest BCUT2D eigenvalue weighted by Gasteiger charge is -2.26. The number of hydrogen-bond donors (Lipinski definition) is 1. The van der Waals surface area contributed by atoms with Gasteiger partial charge in [-0.05, 0) is 65.4 Å². The van der Waals surface area contributed by atoms with E-state index >= 15 is 0 Å². The Balaban J connectivity index is 2.02. The molecule has 4 amide bonds. The molecule has 9 nitrogen and oxygen atoms in total. The standard InChI is InChI=1S/C19H14IN3O6/c1-2-29-15-7-11(6-12(20)9-15)8-16-17(24)21-19(26)22(18(16)25)13-4-3-5-14(10-13)23(27)28/h3-10H,2H2,1H3,(H,21,24,26)/b16-8+. The number of urea groups is 1. The molecule has 2 aromatic rings. The third-order valence-corrected chi connectivity index (χ3v) is 4.54. The molecule has 0 aliphatic carbocycles. The molecule has 1 aliphatic heterocycles. The second-order valence-corrected chi connectivity index (χ2v) is 7.13. The topological polar surface area (TPSA) is 119 Å². The number of carbonyl (C=O) groups is 3. The highest BCUT2D eigenvalue weighted by Gasteiger charge is 2.37. The van der Waals surface area contributed by atoms with Crippen LogP contribution in [0.4, 0.5) is 16.2 Å². The number of non-ortho nitro benzene ring substituents is 1. The lowest BCUT2D eigenvalue weighted by molar-refractivity contribution is -0.384. The molecule has 1 aliphatic rings. The molecule has 29 heavy (non-hydrogen) atoms. The number of nitro groups is 1. The van der Waals surface area contributed by atoms with Crippen LogP contribution in [0.5, 0.6) is 5.75 Å². The zero-order valence-electron chi connectivity index (χ0n) is 15.0. The van der Waals surface area contributed by atoms with Gasteiger partial charge in [0.15, 0.2) is 0 Å². The number of benzene rings is 2. The van der Waals surface area contributed by atoms with Crippen molar-refractivity contribution in [3.8, 4) is 5.75 Å². The van der Waals surface area contributed by atoms with Crippen molar-refractivity contribution in [1.29, 1.82) is 0 Å². The van der Waals surface area contributed by atoms with Crippen LogP contribution in [0.2, 0.25) is 0 Å². The summed E-state index contributed by atoms with van der Waals surface area (Å²) in [6.07, 6.45) is 1.35. The zero-order valence-corrected chi connectivity index (χ0v) is 17.2. The monoisotopic (exact) mass is 507 g/mol. The number of nitrogens with one attached hydrogen (secondary N) is 1. The van der Waals surface area contributed by atoms with E-state index in [0.717, 1.165) is 9.64 Å². The van der Waals surface area contributed by atoms with E-state index in [1.165, 1.54) is 24.3 Å². The number of anilines is 1. The Morgan fingerprint density at radius 3 is 2.66 bits per heavy atom. The van der Waals surface area contributed by atoms with Gasteiger partial charge < -0.3 is 4.74 Å². The fourth-order valence-electron chi connectivity index (χ4n) is 2.72. The number of imide groups is 2. The molecule has 1 heterocycles. The van der Waals surface area contributed by atoms with Crippen LogP contribution in [-0.2, 0) is 9.59 Å². The van der Waals surface area contributed by atoms with Gasteiger partial charge >= 0.3 is 6.03 Å². The molecule has 0 spiro atoms. The lowest BCUT2D eigenvalue weighted by Crippen LogP contribution is -2.54. The average molecular weight is 507 g/mol. The van der Waals surface area contributed by atoms with E-state index in [0.29, 0.717) is 22.8 Å². The molecular weight excluding hydrogens is 493 g/mol. The van der Waals surface area contributed by atoms with Crippen LogP contribution in [0.1, 0.15) is 12.5 Å². The molecule has 0 aromatic heterocycles. The summed E-state index contributed by atoms with van der Waals surface area (Å²) >= 11 is 2.08. The Hall–Kier alpha value is -3.28. The summed E-state index contributed by atoms with van der Waals surface area (Å²) in [5, 5.41) is 13.1. The highest BCUT2D eigenvalue weighted by atomic mass is 127. The fourth-order valence-corrected chi connectivity index (χ4v) is 3.39. The first-order chi connectivity index (χ1) is 13.8. The maximum atomic E-state index is 12.9. The predicted molar refractivity (Wildman–Crippen MR) is 112 cm³/mol. The Bertz CT molecular complexity index is 1070. The minimum atomic E-state index is -0.977. The average Bonchev–Trinajstić information content (AvgIpc) is 2.65. The minimum Gasteiger partial charge on any atom is -0.494 e. The molecule has 3 rings (SSSR count). The first-order valence-electron chi connectivity index (χ1n) is 8.39. The summed E-state index contributed by atoms with van der Waals surface area (Å²) in [6, 6.07) is 9.27. The molecular formula is C19H14IN3O6. The number of halogens is 1. The molecule has 0 bridgehead atoms. The second kappa shape index (κ2) is 8.39. The maximum absolute atomic E-state index is 12.9. The number of ether oxygens (including phenoxy) is 1. The van der Waals surface area contributed by atoms with Crippen LogP contribution in [0.15, 0.2) is 48.0 Å². The van der Waals surface area contributed by atoms with Gasteiger partial charge in [-0.3, -0.25) is 25.0 Å². The Morgan fingerprint density at radius 1 is 1.21 bits per heavy atom. The lowest BCUT2D eigenvalue weighted by atomic mass is 10.1. The van der Waals surface area contributed by atoms with Gasteiger partial charge in [0.1, 0.15) is 11.3 Å². The van der Waals surface area contributed by atoms with Crippen LogP contribution in [-0.4, -0.2) is 29.4 Å². The Morgan fingerprint density at radius 2 is 1.97 bits per heavy atom. The van der Waals surface area contributed by atoms with Crippen LogP contribution in [0.25, 0.3) is 6.08 Å². The summed E-state index contributed by atoms with van der Waals surface area (Å²) in [4.78, 5) is 48.5. The van der Waals surface area contributed by atoms with Gasteiger partial charge in [-0.15, -0.1) is 0 Å². The first-order valence-corrected chi connectivity index (χ1v) is 9.47. The SMILES string of the molecule is CCOc1cc(I)cc(/C=C2\C(=O)NC(=O)N(c3cccc([N+](=O)[O-])c3)C2=O)c1. The summed E-state index contributed by atoms with van der Waals surface area (Å²) < 4.78 is 6.29. The number of amides is 4. The van der Waals surface area contributed by atoms with Crippen molar-refractivity contribution in [2.75, 3.05) is 11.5 Å². The molecule has 0 saturated carbocycles. The third-order valence-electron chi connectivity index (χ3n) is 3.92. The van der Waals surface area contributed by atoms with Crippen molar-refractivity contribution in [3.05, 3.63) is 67.3 Å². The Kier molecular flexibility index (Phi) is 5.92. The third kappa shape index (κ3) is 4.42. The molecule has 2 aromatic carbocycles. The van der Waals surface area contributed by atoms with Crippen LogP contribution in [0.3, 0.4) is 0 Å². The van der Waals surface area contributed by atoms with Crippen molar-refractivity contribution in [1.82, 2.24) is 5.32 Å². The highest BCUT2D eigenvalue weighted by Crippen LogP contribution is 2.26. The Labute approximate surface area is 178 Å². The largest absolute Gasteiger partial charge is 0.494 e. The summed E-state index contributed by atoms with van der Waals surface area (Å²) in [6.45, 7) is 2.28. The first kappa shape index (κ1) is 20.5. The molecule has 10 heteroatoms. The quantitative estimate of drug-likeness (QED) is 0.218. The van der Waals surface area contributed by atoms with E-state index in [2.05, 4.69) is 27.9 Å². The van der Waals surface area contributed by atoms with Gasteiger partial charge in [-0.2, -0.15) is 0 Å². The van der Waals surface area contributed by atoms with Gasteiger partial charge in [-0.25, -0.2) is 9.69 Å². The van der Waals surface area contributed by atoms with Gasteiger partial charge in [-0.1, -0.05) is 6.07 Å². The van der Waals surface area contributed by atoms with Crippen LogP contribution in [0, 0.1) is 13.7 Å². The zero-order chi connectivity index (χ0) is 21.1. The molecule has 1 N–H and O–H groups in total. The molecule has 0 atom stereocenters. The molecule has 0 radical (unpaired) electrons. The summed E-state index contributed by atoms with van der Waals surface area (Å²) in [5.74, 6) is -1.16. The number of carbonyl (C=O) groups excluding carboxylic acids is 3. The summed E-state index contributed by atoms with van der Waals surface area (Å²) in [7, 11) is 0. The highest BCUT2D eigenvalue weighted by molar-refractivity contribution is 14.1. The number of nitrogens with zero attached hydrogens (tertiary/aromatic N) is 2. The molecule has 1 fully saturated rings.